The molecule has 0 amide bonds. The number of hydrogen-bond donors (Lipinski definition) is 1. The number of rotatable bonds is 6. The molecule has 0 saturated heterocycles. The van der Waals surface area contributed by atoms with Gasteiger partial charge in [-0.2, -0.15) is 0 Å². The number of oxazole rings is 1. The Balaban J connectivity index is 2.17. The first kappa shape index (κ1) is 15.9. The van der Waals surface area contributed by atoms with Gasteiger partial charge in [-0.3, -0.25) is 0 Å². The molecule has 1 unspecified atom stereocenters. The maximum Gasteiger partial charge on any atom is 0.256 e. The van der Waals surface area contributed by atoms with Crippen LogP contribution in [0.3, 0.4) is 0 Å². The highest BCUT2D eigenvalue weighted by Gasteiger charge is 2.11. The lowest BCUT2D eigenvalue weighted by Crippen LogP contribution is -2.06. The Kier molecular flexibility index (Phi) is 5.31. The fraction of sp³-hybridized carbons (Fsp3) is 0.438. The van der Waals surface area contributed by atoms with Crippen molar-refractivity contribution >= 4 is 11.8 Å². The second-order valence-corrected chi connectivity index (χ2v) is 5.93. The van der Waals surface area contributed by atoms with Crippen molar-refractivity contribution in [3.8, 4) is 5.75 Å². The molecule has 2 N–H and O–H groups in total. The zero-order valence-corrected chi connectivity index (χ0v) is 13.8. The molecule has 0 aliphatic heterocycles. The normalized spacial score (nSPS) is 12.4. The van der Waals surface area contributed by atoms with E-state index in [2.05, 4.69) is 11.1 Å². The van der Waals surface area contributed by atoms with Gasteiger partial charge in [0, 0.05) is 17.4 Å². The summed E-state index contributed by atoms with van der Waals surface area (Å²) in [7, 11) is 0. The smallest absolute Gasteiger partial charge is 0.256 e. The van der Waals surface area contributed by atoms with Gasteiger partial charge >= 0.3 is 0 Å². The van der Waals surface area contributed by atoms with Gasteiger partial charge in [0.25, 0.3) is 5.22 Å². The molecule has 21 heavy (non-hydrogen) atoms. The minimum atomic E-state index is 0.00986. The minimum absolute atomic E-state index is 0.00986. The standard InChI is InChI=1S/C16H22N2O2S/c1-5-19-15-7-6-13(10(2)17)8-14(15)9-21-16-18-11(3)12(4)20-16/h6-8,10H,5,9,17H2,1-4H3. The Hall–Kier alpha value is -1.46. The van der Waals surface area contributed by atoms with E-state index in [4.69, 9.17) is 14.9 Å². The molecule has 2 aromatic rings. The summed E-state index contributed by atoms with van der Waals surface area (Å²) < 4.78 is 11.3. The van der Waals surface area contributed by atoms with E-state index in [1.54, 1.807) is 11.8 Å². The van der Waals surface area contributed by atoms with Crippen LogP contribution in [0.25, 0.3) is 0 Å². The van der Waals surface area contributed by atoms with Gasteiger partial charge in [-0.05, 0) is 45.4 Å². The lowest BCUT2D eigenvalue weighted by molar-refractivity contribution is 0.337. The first-order valence-corrected chi connectivity index (χ1v) is 8.07. The first-order valence-electron chi connectivity index (χ1n) is 7.09. The first-order chi connectivity index (χ1) is 10.0. The summed E-state index contributed by atoms with van der Waals surface area (Å²) in [6.07, 6.45) is 0. The third-order valence-corrected chi connectivity index (χ3v) is 4.15. The molecule has 0 radical (unpaired) electrons. The average molecular weight is 306 g/mol. The van der Waals surface area contributed by atoms with Crippen molar-refractivity contribution in [2.24, 2.45) is 5.73 Å². The summed E-state index contributed by atoms with van der Waals surface area (Å²) in [6, 6.07) is 6.12. The van der Waals surface area contributed by atoms with Crippen molar-refractivity contribution in [2.75, 3.05) is 6.61 Å². The molecule has 2 rings (SSSR count). The van der Waals surface area contributed by atoms with Crippen LogP contribution in [0, 0.1) is 13.8 Å². The quantitative estimate of drug-likeness (QED) is 0.817. The minimum Gasteiger partial charge on any atom is -0.494 e. The highest BCUT2D eigenvalue weighted by atomic mass is 32.2. The SMILES string of the molecule is CCOc1ccc(C(C)N)cc1CSc1nc(C)c(C)o1. The largest absolute Gasteiger partial charge is 0.494 e. The van der Waals surface area contributed by atoms with Gasteiger partial charge < -0.3 is 14.9 Å². The lowest BCUT2D eigenvalue weighted by Gasteiger charge is -2.13. The molecule has 0 bridgehead atoms. The van der Waals surface area contributed by atoms with Crippen LogP contribution >= 0.6 is 11.8 Å². The lowest BCUT2D eigenvalue weighted by atomic mass is 10.1. The van der Waals surface area contributed by atoms with Crippen LogP contribution in [0.5, 0.6) is 5.75 Å². The van der Waals surface area contributed by atoms with Crippen LogP contribution in [-0.2, 0) is 5.75 Å². The zero-order valence-electron chi connectivity index (χ0n) is 13.0. The average Bonchev–Trinajstić information content (AvgIpc) is 2.76. The van der Waals surface area contributed by atoms with Gasteiger partial charge in [-0.15, -0.1) is 0 Å². The van der Waals surface area contributed by atoms with Crippen molar-refractivity contribution in [3.05, 3.63) is 40.8 Å². The number of hydrogen-bond acceptors (Lipinski definition) is 5. The van der Waals surface area contributed by atoms with Crippen molar-refractivity contribution in [2.45, 2.75) is 44.7 Å². The molecule has 0 spiro atoms. The molecule has 1 atom stereocenters. The summed E-state index contributed by atoms with van der Waals surface area (Å²) >= 11 is 1.57. The predicted octanol–water partition coefficient (Wildman–Crippen LogP) is 4.00. The number of nitrogens with two attached hydrogens (primary N) is 1. The number of aryl methyl sites for hydroxylation is 2. The monoisotopic (exact) mass is 306 g/mol. The highest BCUT2D eigenvalue weighted by Crippen LogP contribution is 2.30. The van der Waals surface area contributed by atoms with E-state index in [0.29, 0.717) is 11.8 Å². The maximum atomic E-state index is 5.96. The van der Waals surface area contributed by atoms with Gasteiger partial charge in [0.1, 0.15) is 11.5 Å². The number of benzene rings is 1. The molecule has 1 aromatic carbocycles. The molecule has 0 aliphatic carbocycles. The van der Waals surface area contributed by atoms with E-state index < -0.39 is 0 Å². The van der Waals surface area contributed by atoms with E-state index in [0.717, 1.165) is 34.1 Å². The summed E-state index contributed by atoms with van der Waals surface area (Å²) in [5, 5.41) is 0.693. The molecule has 114 valence electrons. The van der Waals surface area contributed by atoms with E-state index in [9.17, 15) is 0 Å². The summed E-state index contributed by atoms with van der Waals surface area (Å²) in [5.41, 5.74) is 9.12. The van der Waals surface area contributed by atoms with E-state index >= 15 is 0 Å². The maximum absolute atomic E-state index is 5.96. The van der Waals surface area contributed by atoms with Crippen molar-refractivity contribution in [1.29, 1.82) is 0 Å². The second kappa shape index (κ2) is 7.00. The summed E-state index contributed by atoms with van der Waals surface area (Å²) in [4.78, 5) is 4.39. The van der Waals surface area contributed by atoms with Crippen LogP contribution in [0.1, 0.15) is 42.5 Å². The number of thioether (sulfide) groups is 1. The summed E-state index contributed by atoms with van der Waals surface area (Å²) in [6.45, 7) is 8.48. The van der Waals surface area contributed by atoms with Crippen LogP contribution in [0.4, 0.5) is 0 Å². The topological polar surface area (TPSA) is 61.3 Å². The number of nitrogens with zero attached hydrogens (tertiary/aromatic N) is 1. The molecule has 4 nitrogen and oxygen atoms in total. The van der Waals surface area contributed by atoms with Gasteiger partial charge in [0.15, 0.2) is 0 Å². The zero-order chi connectivity index (χ0) is 15.4. The Morgan fingerprint density at radius 3 is 2.71 bits per heavy atom. The third-order valence-electron chi connectivity index (χ3n) is 3.27. The van der Waals surface area contributed by atoms with E-state index in [-0.39, 0.29) is 6.04 Å². The van der Waals surface area contributed by atoms with E-state index in [1.807, 2.05) is 39.8 Å². The highest BCUT2D eigenvalue weighted by molar-refractivity contribution is 7.98. The van der Waals surface area contributed by atoms with Crippen LogP contribution in [-0.4, -0.2) is 11.6 Å². The molecule has 5 heteroatoms. The Morgan fingerprint density at radius 2 is 2.14 bits per heavy atom. The number of ether oxygens (including phenoxy) is 1. The third kappa shape index (κ3) is 4.02. The Labute approximate surface area is 130 Å². The molecule has 1 heterocycles. The molecular formula is C16H22N2O2S. The van der Waals surface area contributed by atoms with Crippen LogP contribution in [0.15, 0.2) is 27.8 Å². The van der Waals surface area contributed by atoms with Crippen LogP contribution in [0.2, 0.25) is 0 Å². The Bertz CT molecular complexity index is 589. The predicted molar refractivity (Wildman–Crippen MR) is 85.8 cm³/mol. The van der Waals surface area contributed by atoms with Gasteiger partial charge in [0.2, 0.25) is 0 Å². The van der Waals surface area contributed by atoms with Crippen molar-refractivity contribution < 1.29 is 9.15 Å². The fourth-order valence-electron chi connectivity index (χ4n) is 1.94. The van der Waals surface area contributed by atoms with E-state index in [1.165, 1.54) is 0 Å². The van der Waals surface area contributed by atoms with Gasteiger partial charge in [-0.1, -0.05) is 17.8 Å². The van der Waals surface area contributed by atoms with Gasteiger partial charge in [0.05, 0.1) is 12.3 Å². The van der Waals surface area contributed by atoms with Crippen LogP contribution < -0.4 is 10.5 Å². The molecule has 0 saturated carbocycles. The fourth-order valence-corrected chi connectivity index (χ4v) is 2.83. The second-order valence-electron chi connectivity index (χ2n) is 5.00. The van der Waals surface area contributed by atoms with Crippen molar-refractivity contribution in [3.63, 3.8) is 0 Å². The molecular weight excluding hydrogens is 284 g/mol. The molecule has 1 aromatic heterocycles. The molecule has 0 fully saturated rings. The Morgan fingerprint density at radius 1 is 1.38 bits per heavy atom. The summed E-state index contributed by atoms with van der Waals surface area (Å²) in [5.74, 6) is 2.51. The molecule has 0 aliphatic rings. The van der Waals surface area contributed by atoms with Gasteiger partial charge in [-0.25, -0.2) is 4.98 Å². The van der Waals surface area contributed by atoms with Crippen molar-refractivity contribution in [1.82, 2.24) is 4.98 Å². The number of aromatic nitrogens is 1.